The van der Waals surface area contributed by atoms with Gasteiger partial charge in [0.2, 0.25) is 0 Å². The number of hydrogen-bond acceptors (Lipinski definition) is 3. The van der Waals surface area contributed by atoms with Crippen molar-refractivity contribution in [3.8, 4) is 5.75 Å². The van der Waals surface area contributed by atoms with E-state index in [0.29, 0.717) is 0 Å². The van der Waals surface area contributed by atoms with Gasteiger partial charge in [0.05, 0.1) is 52.7 Å². The number of anilines is 2. The monoisotopic (exact) mass is 224 g/mol. The lowest BCUT2D eigenvalue weighted by atomic mass is 10.2. The van der Waals surface area contributed by atoms with Gasteiger partial charge in [0.1, 0.15) is 5.75 Å². The Hall–Kier alpha value is -1.42. The molecule has 0 fully saturated rings. The molecule has 1 aromatic carbocycles. The number of ether oxygens (including phenoxy) is 1. The molecule has 0 aliphatic rings. The lowest BCUT2D eigenvalue weighted by molar-refractivity contribution is -0.868. The van der Waals surface area contributed by atoms with Gasteiger partial charge in [-0.2, -0.15) is 0 Å². The molecule has 0 saturated heterocycles. The number of likely N-dealkylation sites (N-methyl/N-ethyl adjacent to an activating group) is 1. The van der Waals surface area contributed by atoms with E-state index in [1.54, 1.807) is 7.11 Å². The lowest BCUT2D eigenvalue weighted by Crippen LogP contribution is -2.38. The molecular weight excluding hydrogens is 202 g/mol. The van der Waals surface area contributed by atoms with Gasteiger partial charge < -0.3 is 20.3 Å². The number of nitrogens with zero attached hydrogens (tertiary/aromatic N) is 1. The van der Waals surface area contributed by atoms with Crippen LogP contribution in [0.5, 0.6) is 5.75 Å². The highest BCUT2D eigenvalue weighted by molar-refractivity contribution is 5.68. The number of rotatable bonds is 5. The molecular formula is C12H22N3O+. The predicted molar refractivity (Wildman–Crippen MR) is 68.8 cm³/mol. The van der Waals surface area contributed by atoms with Crippen molar-refractivity contribution in [1.82, 2.24) is 0 Å². The fraction of sp³-hybridized carbons (Fsp3) is 0.500. The summed E-state index contributed by atoms with van der Waals surface area (Å²) in [6, 6.07) is 5.64. The van der Waals surface area contributed by atoms with Crippen molar-refractivity contribution in [2.45, 2.75) is 0 Å². The quantitative estimate of drug-likeness (QED) is 0.587. The molecule has 0 spiro atoms. The van der Waals surface area contributed by atoms with Crippen molar-refractivity contribution >= 4 is 11.4 Å². The Morgan fingerprint density at radius 2 is 2.00 bits per heavy atom. The highest BCUT2D eigenvalue weighted by Gasteiger charge is 2.07. The Bertz CT molecular complexity index is 345. The molecule has 90 valence electrons. The minimum absolute atomic E-state index is 0.752. The van der Waals surface area contributed by atoms with Crippen LogP contribution in [-0.4, -0.2) is 45.8 Å². The number of nitrogen functional groups attached to an aromatic ring is 1. The predicted octanol–water partition coefficient (Wildman–Crippen LogP) is 1.40. The molecule has 0 aliphatic heterocycles. The van der Waals surface area contributed by atoms with E-state index in [4.69, 9.17) is 10.5 Å². The van der Waals surface area contributed by atoms with Crippen LogP contribution in [0.15, 0.2) is 18.2 Å². The van der Waals surface area contributed by atoms with E-state index in [9.17, 15) is 0 Å². The third kappa shape index (κ3) is 3.98. The van der Waals surface area contributed by atoms with Gasteiger partial charge >= 0.3 is 0 Å². The topological polar surface area (TPSA) is 47.3 Å². The SMILES string of the molecule is COc1ccc(N)c(NCC[N+](C)(C)C)c1. The van der Waals surface area contributed by atoms with Gasteiger partial charge in [-0.25, -0.2) is 0 Å². The van der Waals surface area contributed by atoms with Crippen LogP contribution in [0.1, 0.15) is 0 Å². The highest BCUT2D eigenvalue weighted by Crippen LogP contribution is 2.23. The van der Waals surface area contributed by atoms with Crippen molar-refractivity contribution in [3.05, 3.63) is 18.2 Å². The Labute approximate surface area is 97.6 Å². The molecule has 3 N–H and O–H groups in total. The molecule has 0 atom stereocenters. The van der Waals surface area contributed by atoms with Crippen molar-refractivity contribution in [3.63, 3.8) is 0 Å². The maximum atomic E-state index is 5.87. The van der Waals surface area contributed by atoms with Gasteiger partial charge in [-0.3, -0.25) is 0 Å². The summed E-state index contributed by atoms with van der Waals surface area (Å²) >= 11 is 0. The molecule has 0 aromatic heterocycles. The van der Waals surface area contributed by atoms with Crippen molar-refractivity contribution in [2.75, 3.05) is 52.4 Å². The molecule has 0 amide bonds. The van der Waals surface area contributed by atoms with E-state index in [1.165, 1.54) is 0 Å². The largest absolute Gasteiger partial charge is 0.497 e. The maximum Gasteiger partial charge on any atom is 0.121 e. The van der Waals surface area contributed by atoms with E-state index in [1.807, 2.05) is 18.2 Å². The van der Waals surface area contributed by atoms with Crippen LogP contribution in [-0.2, 0) is 0 Å². The number of nitrogens with one attached hydrogen (secondary N) is 1. The molecule has 0 aliphatic carbocycles. The van der Waals surface area contributed by atoms with Crippen molar-refractivity contribution in [1.29, 1.82) is 0 Å². The molecule has 0 heterocycles. The zero-order valence-corrected chi connectivity index (χ0v) is 10.6. The average Bonchev–Trinajstić information content (AvgIpc) is 2.19. The highest BCUT2D eigenvalue weighted by atomic mass is 16.5. The lowest BCUT2D eigenvalue weighted by Gasteiger charge is -2.24. The van der Waals surface area contributed by atoms with Crippen LogP contribution in [0, 0.1) is 0 Å². The third-order valence-corrected chi connectivity index (χ3v) is 2.36. The molecule has 0 unspecified atom stereocenters. The number of hydrogen-bond donors (Lipinski definition) is 2. The molecule has 0 saturated carbocycles. The summed E-state index contributed by atoms with van der Waals surface area (Å²) in [4.78, 5) is 0. The van der Waals surface area contributed by atoms with Gasteiger partial charge in [-0.15, -0.1) is 0 Å². The molecule has 4 nitrogen and oxygen atoms in total. The van der Waals surface area contributed by atoms with Crippen LogP contribution in [0.4, 0.5) is 11.4 Å². The van der Waals surface area contributed by atoms with E-state index in [2.05, 4.69) is 26.5 Å². The summed E-state index contributed by atoms with van der Waals surface area (Å²) in [5, 5.41) is 3.32. The van der Waals surface area contributed by atoms with Gasteiger partial charge in [-0.1, -0.05) is 0 Å². The number of quaternary nitrogens is 1. The van der Waals surface area contributed by atoms with Gasteiger partial charge in [0, 0.05) is 6.07 Å². The summed E-state index contributed by atoms with van der Waals surface area (Å²) in [6.07, 6.45) is 0. The fourth-order valence-corrected chi connectivity index (χ4v) is 1.34. The fourth-order valence-electron chi connectivity index (χ4n) is 1.34. The Morgan fingerprint density at radius 3 is 2.56 bits per heavy atom. The summed E-state index contributed by atoms with van der Waals surface area (Å²) in [6.45, 7) is 1.93. The minimum Gasteiger partial charge on any atom is -0.497 e. The zero-order valence-electron chi connectivity index (χ0n) is 10.6. The smallest absolute Gasteiger partial charge is 0.121 e. The first-order valence-corrected chi connectivity index (χ1v) is 5.40. The number of benzene rings is 1. The summed E-state index contributed by atoms with van der Waals surface area (Å²) < 4.78 is 6.09. The van der Waals surface area contributed by atoms with E-state index < -0.39 is 0 Å². The average molecular weight is 224 g/mol. The van der Waals surface area contributed by atoms with E-state index >= 15 is 0 Å². The van der Waals surface area contributed by atoms with Crippen LogP contribution in [0.3, 0.4) is 0 Å². The molecule has 1 rings (SSSR count). The molecule has 4 heteroatoms. The summed E-state index contributed by atoms with van der Waals surface area (Å²) in [5.74, 6) is 0.821. The van der Waals surface area contributed by atoms with Crippen LogP contribution in [0.25, 0.3) is 0 Å². The third-order valence-electron chi connectivity index (χ3n) is 2.36. The van der Waals surface area contributed by atoms with Gasteiger partial charge in [0.15, 0.2) is 0 Å². The molecule has 16 heavy (non-hydrogen) atoms. The summed E-state index contributed by atoms with van der Waals surface area (Å²) in [5.41, 5.74) is 7.56. The van der Waals surface area contributed by atoms with E-state index in [0.717, 1.165) is 34.7 Å². The Morgan fingerprint density at radius 1 is 1.31 bits per heavy atom. The van der Waals surface area contributed by atoms with Crippen molar-refractivity contribution in [2.24, 2.45) is 0 Å². The second-order valence-electron chi connectivity index (χ2n) is 4.89. The Kier molecular flexibility index (Phi) is 4.01. The van der Waals surface area contributed by atoms with Gasteiger partial charge in [-0.05, 0) is 12.1 Å². The van der Waals surface area contributed by atoms with E-state index in [-0.39, 0.29) is 0 Å². The van der Waals surface area contributed by atoms with Crippen molar-refractivity contribution < 1.29 is 9.22 Å². The first kappa shape index (κ1) is 12.6. The second-order valence-corrected chi connectivity index (χ2v) is 4.89. The first-order chi connectivity index (χ1) is 7.42. The normalized spacial score (nSPS) is 11.2. The van der Waals surface area contributed by atoms with Crippen LogP contribution in [0.2, 0.25) is 0 Å². The molecule has 1 aromatic rings. The maximum absolute atomic E-state index is 5.87. The van der Waals surface area contributed by atoms with Crippen LogP contribution >= 0.6 is 0 Å². The van der Waals surface area contributed by atoms with Crippen LogP contribution < -0.4 is 15.8 Å². The number of methoxy groups -OCH3 is 1. The van der Waals surface area contributed by atoms with Gasteiger partial charge in [0.25, 0.3) is 0 Å². The first-order valence-electron chi connectivity index (χ1n) is 5.40. The molecule has 0 radical (unpaired) electrons. The second kappa shape index (κ2) is 5.07. The number of nitrogens with two attached hydrogens (primary N) is 1. The molecule has 0 bridgehead atoms. The zero-order chi connectivity index (χ0) is 12.2. The standard InChI is InChI=1S/C12H22N3O/c1-15(2,3)8-7-14-12-9-10(16-4)5-6-11(12)13/h5-6,9,14H,7-8,13H2,1-4H3/q+1. The Balaban J connectivity index is 2.59. The minimum atomic E-state index is 0.752. The summed E-state index contributed by atoms with van der Waals surface area (Å²) in [7, 11) is 8.14.